The zero-order valence-corrected chi connectivity index (χ0v) is 15.2. The lowest BCUT2D eigenvalue weighted by Crippen LogP contribution is -2.25. The Bertz CT molecular complexity index is 953. The first-order chi connectivity index (χ1) is 12.6. The Morgan fingerprint density at radius 1 is 0.769 bits per heavy atom. The van der Waals surface area contributed by atoms with Gasteiger partial charge in [-0.2, -0.15) is 0 Å². The van der Waals surface area contributed by atoms with Crippen molar-refractivity contribution < 1.29 is 4.39 Å². The van der Waals surface area contributed by atoms with E-state index < -0.39 is 0 Å². The highest BCUT2D eigenvalue weighted by molar-refractivity contribution is 6.30. The van der Waals surface area contributed by atoms with Crippen molar-refractivity contribution in [1.82, 2.24) is 5.32 Å². The minimum atomic E-state index is -0.301. The van der Waals surface area contributed by atoms with Crippen LogP contribution >= 0.6 is 23.2 Å². The lowest BCUT2D eigenvalue weighted by atomic mass is 9.95. The maximum Gasteiger partial charge on any atom is 0.134 e. The van der Waals surface area contributed by atoms with Crippen LogP contribution in [0.15, 0.2) is 77.8 Å². The van der Waals surface area contributed by atoms with Gasteiger partial charge in [-0.15, -0.1) is 0 Å². The van der Waals surface area contributed by atoms with Crippen LogP contribution in [-0.2, 0) is 0 Å². The summed E-state index contributed by atoms with van der Waals surface area (Å²) in [5.74, 6) is 0.244. The topological polar surface area (TPSA) is 24.4 Å². The predicted molar refractivity (Wildman–Crippen MR) is 104 cm³/mol. The first kappa shape index (κ1) is 17.1. The quantitative estimate of drug-likeness (QED) is 0.591. The zero-order chi connectivity index (χ0) is 18.1. The number of aliphatic imine (C=N–C) groups is 1. The molecule has 0 spiro atoms. The summed E-state index contributed by atoms with van der Waals surface area (Å²) in [6.45, 7) is 0. The number of amidine groups is 1. The van der Waals surface area contributed by atoms with Crippen molar-refractivity contribution in [2.75, 3.05) is 0 Å². The molecule has 26 heavy (non-hydrogen) atoms. The van der Waals surface area contributed by atoms with Crippen LogP contribution in [0.1, 0.15) is 28.8 Å². The molecule has 3 aromatic rings. The highest BCUT2D eigenvalue weighted by Crippen LogP contribution is 2.38. The number of hydrogen-bond acceptors (Lipinski definition) is 2. The third kappa shape index (κ3) is 3.33. The number of hydrogen-bond donors (Lipinski definition) is 1. The van der Waals surface area contributed by atoms with Crippen LogP contribution in [0.4, 0.5) is 4.39 Å². The molecular weight excluding hydrogens is 370 g/mol. The van der Waals surface area contributed by atoms with Gasteiger partial charge in [0.1, 0.15) is 17.7 Å². The van der Waals surface area contributed by atoms with Crippen LogP contribution in [0.25, 0.3) is 0 Å². The first-order valence-electron chi connectivity index (χ1n) is 8.22. The molecule has 1 N–H and O–H groups in total. The summed E-state index contributed by atoms with van der Waals surface area (Å²) < 4.78 is 14.3. The minimum Gasteiger partial charge on any atom is -0.360 e. The zero-order valence-electron chi connectivity index (χ0n) is 13.7. The summed E-state index contributed by atoms with van der Waals surface area (Å²) in [6, 6.07) is 21.5. The number of halogens is 3. The lowest BCUT2D eigenvalue weighted by molar-refractivity contribution is 0.571. The number of rotatable bonds is 3. The van der Waals surface area contributed by atoms with Gasteiger partial charge in [0.05, 0.1) is 11.6 Å². The van der Waals surface area contributed by atoms with Crippen LogP contribution in [-0.4, -0.2) is 5.84 Å². The van der Waals surface area contributed by atoms with Gasteiger partial charge >= 0.3 is 0 Å². The van der Waals surface area contributed by atoms with Crippen LogP contribution in [0.3, 0.4) is 0 Å². The Morgan fingerprint density at radius 2 is 1.35 bits per heavy atom. The second-order valence-electron chi connectivity index (χ2n) is 6.13. The molecule has 1 aliphatic heterocycles. The summed E-state index contributed by atoms with van der Waals surface area (Å²) in [7, 11) is 0. The standard InChI is InChI=1S/C21H15Cl2FN2/c22-15-9-5-13(6-10-15)19-20(14-7-11-16(23)12-8-14)26-21(25-19)17-3-1-2-4-18(17)24/h1-12,19-20H,(H,25,26). The summed E-state index contributed by atoms with van der Waals surface area (Å²) in [6.07, 6.45) is 0. The van der Waals surface area contributed by atoms with Crippen LogP contribution < -0.4 is 5.32 Å². The largest absolute Gasteiger partial charge is 0.360 e. The molecule has 0 amide bonds. The van der Waals surface area contributed by atoms with Gasteiger partial charge in [-0.05, 0) is 47.5 Å². The Hall–Kier alpha value is -2.36. The fourth-order valence-electron chi connectivity index (χ4n) is 3.14. The maximum absolute atomic E-state index is 14.3. The van der Waals surface area contributed by atoms with E-state index in [1.807, 2.05) is 48.5 Å². The monoisotopic (exact) mass is 384 g/mol. The molecule has 0 radical (unpaired) electrons. The molecule has 0 aliphatic carbocycles. The van der Waals surface area contributed by atoms with Gasteiger partial charge in [-0.25, -0.2) is 4.39 Å². The number of nitrogens with one attached hydrogen (secondary N) is 1. The minimum absolute atomic E-state index is 0.122. The highest BCUT2D eigenvalue weighted by atomic mass is 35.5. The summed E-state index contributed by atoms with van der Waals surface area (Å²) in [5, 5.41) is 4.72. The normalized spacial score (nSPS) is 19.1. The third-order valence-corrected chi connectivity index (χ3v) is 4.95. The molecule has 5 heteroatoms. The first-order valence-corrected chi connectivity index (χ1v) is 8.97. The fraction of sp³-hybridized carbons (Fsp3) is 0.0952. The fourth-order valence-corrected chi connectivity index (χ4v) is 3.39. The van der Waals surface area contributed by atoms with Gasteiger partial charge in [-0.1, -0.05) is 59.6 Å². The van der Waals surface area contributed by atoms with E-state index in [4.69, 9.17) is 28.2 Å². The molecular formula is C21H15Cl2FN2. The van der Waals surface area contributed by atoms with Crippen molar-refractivity contribution in [3.63, 3.8) is 0 Å². The van der Waals surface area contributed by atoms with E-state index in [9.17, 15) is 4.39 Å². The highest BCUT2D eigenvalue weighted by Gasteiger charge is 2.32. The Morgan fingerprint density at radius 3 is 1.96 bits per heavy atom. The molecule has 2 atom stereocenters. The van der Waals surface area contributed by atoms with Gasteiger partial charge in [0.2, 0.25) is 0 Å². The van der Waals surface area contributed by atoms with Crippen LogP contribution in [0.5, 0.6) is 0 Å². The summed E-state index contributed by atoms with van der Waals surface area (Å²) >= 11 is 12.0. The molecule has 0 bridgehead atoms. The van der Waals surface area contributed by atoms with E-state index in [1.165, 1.54) is 6.07 Å². The van der Waals surface area contributed by atoms with Crippen molar-refractivity contribution in [3.8, 4) is 0 Å². The smallest absolute Gasteiger partial charge is 0.134 e. The van der Waals surface area contributed by atoms with E-state index in [-0.39, 0.29) is 17.9 Å². The Balaban J connectivity index is 1.77. The van der Waals surface area contributed by atoms with E-state index >= 15 is 0 Å². The van der Waals surface area contributed by atoms with E-state index in [0.717, 1.165) is 11.1 Å². The third-order valence-electron chi connectivity index (χ3n) is 4.45. The molecule has 1 aliphatic rings. The van der Waals surface area contributed by atoms with Gasteiger partial charge in [0.25, 0.3) is 0 Å². The van der Waals surface area contributed by atoms with Gasteiger partial charge < -0.3 is 5.32 Å². The predicted octanol–water partition coefficient (Wildman–Crippen LogP) is 5.96. The molecule has 2 unspecified atom stereocenters. The van der Waals surface area contributed by atoms with Crippen molar-refractivity contribution in [2.45, 2.75) is 12.1 Å². The summed E-state index contributed by atoms with van der Waals surface area (Å²) in [4.78, 5) is 4.79. The van der Waals surface area contributed by atoms with E-state index in [0.29, 0.717) is 21.4 Å². The van der Waals surface area contributed by atoms with Crippen molar-refractivity contribution in [2.24, 2.45) is 4.99 Å². The number of nitrogens with zero attached hydrogens (tertiary/aromatic N) is 1. The van der Waals surface area contributed by atoms with Crippen molar-refractivity contribution in [1.29, 1.82) is 0 Å². The molecule has 130 valence electrons. The van der Waals surface area contributed by atoms with Gasteiger partial charge in [0.15, 0.2) is 0 Å². The molecule has 2 nitrogen and oxygen atoms in total. The molecule has 4 rings (SSSR count). The van der Waals surface area contributed by atoms with Gasteiger partial charge in [0, 0.05) is 10.0 Å². The Kier molecular flexibility index (Phi) is 4.66. The van der Waals surface area contributed by atoms with E-state index in [2.05, 4.69) is 5.32 Å². The van der Waals surface area contributed by atoms with Crippen molar-refractivity contribution >= 4 is 29.0 Å². The Labute approximate surface area is 161 Å². The van der Waals surface area contributed by atoms with Gasteiger partial charge in [-0.3, -0.25) is 4.99 Å². The molecule has 0 aromatic heterocycles. The average molecular weight is 385 g/mol. The molecule has 3 aromatic carbocycles. The van der Waals surface area contributed by atoms with Crippen molar-refractivity contribution in [3.05, 3.63) is 105 Å². The average Bonchev–Trinajstić information content (AvgIpc) is 3.08. The molecule has 1 heterocycles. The van der Waals surface area contributed by atoms with Crippen LogP contribution in [0, 0.1) is 5.82 Å². The van der Waals surface area contributed by atoms with Crippen LogP contribution in [0.2, 0.25) is 10.0 Å². The number of benzene rings is 3. The SMILES string of the molecule is Fc1ccccc1C1=NC(c2ccc(Cl)cc2)C(c2ccc(Cl)cc2)N1. The second kappa shape index (κ2) is 7.10. The second-order valence-corrected chi connectivity index (χ2v) is 7.00. The molecule has 0 saturated heterocycles. The molecule has 0 fully saturated rings. The maximum atomic E-state index is 14.3. The molecule has 0 saturated carbocycles. The lowest BCUT2D eigenvalue weighted by Gasteiger charge is -2.20. The van der Waals surface area contributed by atoms with E-state index in [1.54, 1.807) is 18.2 Å². The summed E-state index contributed by atoms with van der Waals surface area (Å²) in [5.41, 5.74) is 2.50.